The SMILES string of the molecule is CC[C@@H](C)[C@@H](N)C(=O)N[C@@H](Cc1ccccc1)C(=O)N[C@@H](CCCCN)C(=O)Nc1ccc([N+](=O)[O-])cc1. The monoisotopic (exact) mass is 526 g/mol. The average molecular weight is 527 g/mol. The van der Waals surface area contributed by atoms with Crippen LogP contribution in [0.2, 0.25) is 0 Å². The Morgan fingerprint density at radius 1 is 0.921 bits per heavy atom. The fraction of sp³-hybridized carbons (Fsp3) is 0.444. The number of anilines is 1. The zero-order valence-corrected chi connectivity index (χ0v) is 21.9. The molecule has 0 saturated carbocycles. The number of nitrogens with zero attached hydrogens (tertiary/aromatic N) is 1. The van der Waals surface area contributed by atoms with E-state index in [1.807, 2.05) is 44.2 Å². The molecule has 0 saturated heterocycles. The van der Waals surface area contributed by atoms with Gasteiger partial charge >= 0.3 is 0 Å². The molecule has 0 aliphatic carbocycles. The number of carbonyl (C=O) groups excluding carboxylic acids is 3. The van der Waals surface area contributed by atoms with Gasteiger partial charge < -0.3 is 27.4 Å². The van der Waals surface area contributed by atoms with Gasteiger partial charge in [0.15, 0.2) is 0 Å². The molecule has 206 valence electrons. The molecule has 11 heteroatoms. The van der Waals surface area contributed by atoms with Gasteiger partial charge in [-0.3, -0.25) is 24.5 Å². The summed E-state index contributed by atoms with van der Waals surface area (Å²) < 4.78 is 0. The first-order chi connectivity index (χ1) is 18.2. The zero-order chi connectivity index (χ0) is 28.1. The summed E-state index contributed by atoms with van der Waals surface area (Å²) >= 11 is 0. The van der Waals surface area contributed by atoms with E-state index < -0.39 is 40.8 Å². The maximum absolute atomic E-state index is 13.4. The van der Waals surface area contributed by atoms with Gasteiger partial charge in [-0.2, -0.15) is 0 Å². The molecule has 11 nitrogen and oxygen atoms in total. The lowest BCUT2D eigenvalue weighted by Crippen LogP contribution is -2.56. The minimum Gasteiger partial charge on any atom is -0.343 e. The minimum atomic E-state index is -0.954. The highest BCUT2D eigenvalue weighted by molar-refractivity contribution is 5.98. The van der Waals surface area contributed by atoms with Crippen LogP contribution in [0.4, 0.5) is 11.4 Å². The van der Waals surface area contributed by atoms with E-state index in [9.17, 15) is 24.5 Å². The molecule has 0 fully saturated rings. The van der Waals surface area contributed by atoms with Gasteiger partial charge in [0.2, 0.25) is 17.7 Å². The van der Waals surface area contributed by atoms with Crippen molar-refractivity contribution in [3.63, 3.8) is 0 Å². The molecule has 0 unspecified atom stereocenters. The summed E-state index contributed by atoms with van der Waals surface area (Å²) in [5.41, 5.74) is 12.8. The highest BCUT2D eigenvalue weighted by atomic mass is 16.6. The number of nitro groups is 1. The lowest BCUT2D eigenvalue weighted by molar-refractivity contribution is -0.384. The van der Waals surface area contributed by atoms with Gasteiger partial charge in [-0.25, -0.2) is 0 Å². The Bertz CT molecular complexity index is 1060. The molecule has 2 aromatic rings. The van der Waals surface area contributed by atoms with Gasteiger partial charge in [-0.15, -0.1) is 0 Å². The van der Waals surface area contributed by atoms with Gasteiger partial charge in [0.1, 0.15) is 12.1 Å². The van der Waals surface area contributed by atoms with Crippen LogP contribution < -0.4 is 27.4 Å². The minimum absolute atomic E-state index is 0.0769. The summed E-state index contributed by atoms with van der Waals surface area (Å²) in [5, 5.41) is 19.1. The molecule has 2 rings (SSSR count). The van der Waals surface area contributed by atoms with E-state index in [0.717, 1.165) is 5.56 Å². The van der Waals surface area contributed by atoms with E-state index in [4.69, 9.17) is 11.5 Å². The van der Waals surface area contributed by atoms with Gasteiger partial charge in [0.25, 0.3) is 5.69 Å². The summed E-state index contributed by atoms with van der Waals surface area (Å²) in [4.78, 5) is 49.7. The highest BCUT2D eigenvalue weighted by Gasteiger charge is 2.29. The molecule has 0 aromatic heterocycles. The van der Waals surface area contributed by atoms with Crippen LogP contribution in [0, 0.1) is 16.0 Å². The van der Waals surface area contributed by atoms with Crippen molar-refractivity contribution in [2.75, 3.05) is 11.9 Å². The third kappa shape index (κ3) is 9.56. The normalized spacial score (nSPS) is 14.0. The summed E-state index contributed by atoms with van der Waals surface area (Å²) in [6, 6.07) is 12.0. The Balaban J connectivity index is 2.21. The van der Waals surface area contributed by atoms with Crippen molar-refractivity contribution in [2.24, 2.45) is 17.4 Å². The van der Waals surface area contributed by atoms with Crippen molar-refractivity contribution < 1.29 is 19.3 Å². The second kappa shape index (κ2) is 15.4. The lowest BCUT2D eigenvalue weighted by atomic mass is 9.98. The fourth-order valence-corrected chi connectivity index (χ4v) is 3.77. The van der Waals surface area contributed by atoms with E-state index in [-0.39, 0.29) is 18.0 Å². The average Bonchev–Trinajstić information content (AvgIpc) is 2.91. The van der Waals surface area contributed by atoms with Gasteiger partial charge in [0.05, 0.1) is 11.0 Å². The van der Waals surface area contributed by atoms with Gasteiger partial charge in [0, 0.05) is 24.2 Å². The Morgan fingerprint density at radius 2 is 1.55 bits per heavy atom. The first-order valence-corrected chi connectivity index (χ1v) is 12.8. The van der Waals surface area contributed by atoms with Crippen molar-refractivity contribution in [3.8, 4) is 0 Å². The molecule has 3 amide bonds. The topological polar surface area (TPSA) is 182 Å². The van der Waals surface area contributed by atoms with Crippen LogP contribution in [-0.2, 0) is 20.8 Å². The third-order valence-corrected chi connectivity index (χ3v) is 6.40. The molecule has 2 aromatic carbocycles. The number of benzene rings is 2. The third-order valence-electron chi connectivity index (χ3n) is 6.40. The second-order valence-corrected chi connectivity index (χ2v) is 9.30. The number of nitrogens with two attached hydrogens (primary N) is 2. The van der Waals surface area contributed by atoms with Crippen LogP contribution in [0.25, 0.3) is 0 Å². The van der Waals surface area contributed by atoms with Crippen LogP contribution in [-0.4, -0.2) is 47.3 Å². The maximum atomic E-state index is 13.4. The van der Waals surface area contributed by atoms with Crippen molar-refractivity contribution >= 4 is 29.1 Å². The summed E-state index contributed by atoms with van der Waals surface area (Å²) in [6.45, 7) is 4.23. The predicted molar refractivity (Wildman–Crippen MR) is 146 cm³/mol. The molecule has 0 aliphatic rings. The van der Waals surface area contributed by atoms with E-state index in [0.29, 0.717) is 37.9 Å². The quantitative estimate of drug-likeness (QED) is 0.134. The number of amides is 3. The van der Waals surface area contributed by atoms with Crippen molar-refractivity contribution in [3.05, 3.63) is 70.3 Å². The number of hydrogen-bond acceptors (Lipinski definition) is 7. The van der Waals surface area contributed by atoms with E-state index in [1.54, 1.807) is 0 Å². The number of unbranched alkanes of at least 4 members (excludes halogenated alkanes) is 1. The Hall–Kier alpha value is -3.83. The Morgan fingerprint density at radius 3 is 2.13 bits per heavy atom. The predicted octanol–water partition coefficient (Wildman–Crippen LogP) is 2.25. The molecular weight excluding hydrogens is 488 g/mol. The number of nitrogens with one attached hydrogen (secondary N) is 3. The number of carbonyl (C=O) groups is 3. The number of hydrogen-bond donors (Lipinski definition) is 5. The molecule has 0 bridgehead atoms. The smallest absolute Gasteiger partial charge is 0.269 e. The Labute approximate surface area is 222 Å². The highest BCUT2D eigenvalue weighted by Crippen LogP contribution is 2.16. The van der Waals surface area contributed by atoms with Crippen molar-refractivity contribution in [2.45, 2.75) is 64.1 Å². The Kier molecular flexibility index (Phi) is 12.3. The largest absolute Gasteiger partial charge is 0.343 e. The summed E-state index contributed by atoms with van der Waals surface area (Å²) in [6.07, 6.45) is 2.48. The van der Waals surface area contributed by atoms with Gasteiger partial charge in [-0.05, 0) is 49.4 Å². The molecule has 0 aliphatic heterocycles. The van der Waals surface area contributed by atoms with Crippen LogP contribution in [0.15, 0.2) is 54.6 Å². The standard InChI is InChI=1S/C27H38N6O5/c1-3-18(2)24(29)27(36)32-23(17-19-9-5-4-6-10-19)26(35)31-22(11-7-8-16-28)25(34)30-20-12-14-21(15-13-20)33(37)38/h4-6,9-10,12-15,18,22-24H,3,7-8,11,16-17,28-29H2,1-2H3,(H,30,34)(H,31,35)(H,32,36)/t18-,22+,23+,24-/m1/s1. The first kappa shape index (κ1) is 30.4. The zero-order valence-electron chi connectivity index (χ0n) is 21.9. The van der Waals surface area contributed by atoms with Crippen molar-refractivity contribution in [1.82, 2.24) is 10.6 Å². The molecule has 7 N–H and O–H groups in total. The van der Waals surface area contributed by atoms with Crippen LogP contribution >= 0.6 is 0 Å². The van der Waals surface area contributed by atoms with Gasteiger partial charge in [-0.1, -0.05) is 50.6 Å². The van der Waals surface area contributed by atoms with E-state index >= 15 is 0 Å². The fourth-order valence-electron chi connectivity index (χ4n) is 3.77. The summed E-state index contributed by atoms with van der Waals surface area (Å²) in [7, 11) is 0. The molecule has 0 spiro atoms. The van der Waals surface area contributed by atoms with Crippen LogP contribution in [0.5, 0.6) is 0 Å². The van der Waals surface area contributed by atoms with Crippen LogP contribution in [0.1, 0.15) is 45.1 Å². The molecule has 4 atom stereocenters. The molecule has 0 heterocycles. The summed E-state index contributed by atoms with van der Waals surface area (Å²) in [5.74, 6) is -1.52. The first-order valence-electron chi connectivity index (χ1n) is 12.8. The molecule has 0 radical (unpaired) electrons. The lowest BCUT2D eigenvalue weighted by Gasteiger charge is -2.25. The molecular formula is C27H38N6O5. The second-order valence-electron chi connectivity index (χ2n) is 9.30. The maximum Gasteiger partial charge on any atom is 0.269 e. The number of rotatable bonds is 15. The van der Waals surface area contributed by atoms with E-state index in [2.05, 4.69) is 16.0 Å². The number of nitro benzene ring substituents is 1. The van der Waals surface area contributed by atoms with Crippen molar-refractivity contribution in [1.29, 1.82) is 0 Å². The van der Waals surface area contributed by atoms with Crippen LogP contribution in [0.3, 0.4) is 0 Å². The molecule has 38 heavy (non-hydrogen) atoms. The number of non-ortho nitro benzene ring substituents is 1. The van der Waals surface area contributed by atoms with E-state index in [1.165, 1.54) is 24.3 Å².